The first-order chi connectivity index (χ1) is 14.0. The van der Waals surface area contributed by atoms with Gasteiger partial charge in [0.1, 0.15) is 5.65 Å². The van der Waals surface area contributed by atoms with Crippen molar-refractivity contribution in [3.8, 4) is 11.3 Å². The van der Waals surface area contributed by atoms with Crippen LogP contribution in [0.5, 0.6) is 0 Å². The normalized spacial score (nSPS) is 11.2. The lowest BCUT2D eigenvalue weighted by atomic mass is 10.1. The molecule has 2 aromatic carbocycles. The van der Waals surface area contributed by atoms with Crippen LogP contribution in [-0.4, -0.2) is 21.0 Å². The van der Waals surface area contributed by atoms with Crippen LogP contribution in [0.3, 0.4) is 0 Å². The van der Waals surface area contributed by atoms with Gasteiger partial charge in [0.15, 0.2) is 0 Å². The lowest BCUT2D eigenvalue weighted by Crippen LogP contribution is -2.13. The van der Waals surface area contributed by atoms with Crippen LogP contribution in [0.15, 0.2) is 78.0 Å². The average Bonchev–Trinajstić information content (AvgIpc) is 3.14. The number of halogens is 2. The molecule has 2 heterocycles. The van der Waals surface area contributed by atoms with Gasteiger partial charge in [0.05, 0.1) is 11.3 Å². The number of imidazole rings is 1. The second kappa shape index (κ2) is 8.05. The predicted molar refractivity (Wildman–Crippen MR) is 112 cm³/mol. The van der Waals surface area contributed by atoms with Crippen molar-refractivity contribution in [1.29, 1.82) is 0 Å². The van der Waals surface area contributed by atoms with Crippen molar-refractivity contribution >= 4 is 29.0 Å². The van der Waals surface area contributed by atoms with Crippen LogP contribution in [-0.2, 0) is 0 Å². The van der Waals surface area contributed by atoms with Gasteiger partial charge in [-0.2, -0.15) is 8.78 Å². The largest absolute Gasteiger partial charge is 0.322 e. The molecule has 4 rings (SSSR count). The number of hydrogen-bond donors (Lipinski definition) is 1. The highest BCUT2D eigenvalue weighted by Gasteiger charge is 2.16. The Labute approximate surface area is 170 Å². The van der Waals surface area contributed by atoms with E-state index in [9.17, 15) is 13.6 Å². The van der Waals surface area contributed by atoms with Crippen LogP contribution in [0.1, 0.15) is 15.9 Å². The summed E-state index contributed by atoms with van der Waals surface area (Å²) in [5.41, 5.74) is 4.35. The topological polar surface area (TPSA) is 46.4 Å². The Morgan fingerprint density at radius 1 is 1.10 bits per heavy atom. The summed E-state index contributed by atoms with van der Waals surface area (Å²) in [7, 11) is 0. The fourth-order valence-corrected chi connectivity index (χ4v) is 3.74. The molecule has 0 aliphatic carbocycles. The molecule has 29 heavy (non-hydrogen) atoms. The molecule has 0 bridgehead atoms. The average molecular weight is 409 g/mol. The smallest absolute Gasteiger partial charge is 0.288 e. The zero-order valence-electron chi connectivity index (χ0n) is 15.5. The number of nitrogens with zero attached hydrogens (tertiary/aromatic N) is 2. The number of carbonyl (C=O) groups excluding carboxylic acids is 1. The van der Waals surface area contributed by atoms with Crippen molar-refractivity contribution in [2.24, 2.45) is 0 Å². The number of aromatic nitrogens is 2. The maximum atomic E-state index is 12.8. The second-order valence-electron chi connectivity index (χ2n) is 6.46. The zero-order valence-corrected chi connectivity index (χ0v) is 16.3. The van der Waals surface area contributed by atoms with E-state index in [1.165, 1.54) is 12.1 Å². The number of aryl methyl sites for hydroxylation is 1. The number of anilines is 1. The van der Waals surface area contributed by atoms with Crippen molar-refractivity contribution in [1.82, 2.24) is 9.38 Å². The first-order valence-electron chi connectivity index (χ1n) is 8.91. The zero-order chi connectivity index (χ0) is 20.4. The summed E-state index contributed by atoms with van der Waals surface area (Å²) in [4.78, 5) is 17.6. The summed E-state index contributed by atoms with van der Waals surface area (Å²) in [6.45, 7) is 2.00. The molecule has 0 saturated heterocycles. The van der Waals surface area contributed by atoms with Gasteiger partial charge in [-0.05, 0) is 42.8 Å². The van der Waals surface area contributed by atoms with Gasteiger partial charge in [-0.15, -0.1) is 0 Å². The maximum Gasteiger partial charge on any atom is 0.288 e. The summed E-state index contributed by atoms with van der Waals surface area (Å²) in [6, 6.07) is 17.6. The van der Waals surface area contributed by atoms with E-state index in [2.05, 4.69) is 10.3 Å². The number of hydrogen-bond acceptors (Lipinski definition) is 3. The van der Waals surface area contributed by atoms with Gasteiger partial charge in [0.2, 0.25) is 0 Å². The molecule has 0 aliphatic heterocycles. The van der Waals surface area contributed by atoms with Crippen LogP contribution < -0.4 is 5.32 Å². The quantitative estimate of drug-likeness (QED) is 0.419. The summed E-state index contributed by atoms with van der Waals surface area (Å²) in [6.07, 6.45) is 3.86. The van der Waals surface area contributed by atoms with E-state index in [0.29, 0.717) is 17.4 Å². The molecule has 0 unspecified atom stereocenters. The van der Waals surface area contributed by atoms with Crippen molar-refractivity contribution in [3.05, 3.63) is 84.2 Å². The third kappa shape index (κ3) is 4.14. The Balaban J connectivity index is 1.61. The van der Waals surface area contributed by atoms with Gasteiger partial charge in [0, 0.05) is 28.5 Å². The SMILES string of the molecule is Cc1cccn2cc(-c3cccc(NC(=O)c4ccccc4SC(F)F)c3)nc12. The molecule has 0 radical (unpaired) electrons. The number of rotatable bonds is 5. The van der Waals surface area contributed by atoms with Crippen molar-refractivity contribution in [3.63, 3.8) is 0 Å². The molecule has 0 fully saturated rings. The van der Waals surface area contributed by atoms with E-state index in [-0.39, 0.29) is 10.5 Å². The molecule has 1 N–H and O–H groups in total. The monoisotopic (exact) mass is 409 g/mol. The fourth-order valence-electron chi connectivity index (χ4n) is 3.10. The molecule has 0 aliphatic rings. The number of thioether (sulfide) groups is 1. The van der Waals surface area contributed by atoms with Crippen molar-refractivity contribution in [2.75, 3.05) is 5.32 Å². The lowest BCUT2D eigenvalue weighted by molar-refractivity contribution is 0.102. The highest BCUT2D eigenvalue weighted by Crippen LogP contribution is 2.29. The molecule has 7 heteroatoms. The highest BCUT2D eigenvalue weighted by molar-refractivity contribution is 7.99. The van der Waals surface area contributed by atoms with Gasteiger partial charge < -0.3 is 9.72 Å². The number of alkyl halides is 2. The highest BCUT2D eigenvalue weighted by atomic mass is 32.2. The molecule has 0 atom stereocenters. The van der Waals surface area contributed by atoms with E-state index in [1.54, 1.807) is 18.2 Å². The van der Waals surface area contributed by atoms with Crippen LogP contribution in [0.2, 0.25) is 0 Å². The molecule has 146 valence electrons. The van der Waals surface area contributed by atoms with E-state index in [4.69, 9.17) is 0 Å². The van der Waals surface area contributed by atoms with Crippen LogP contribution in [0.4, 0.5) is 14.5 Å². The van der Waals surface area contributed by atoms with Gasteiger partial charge in [-0.1, -0.05) is 42.1 Å². The summed E-state index contributed by atoms with van der Waals surface area (Å²) >= 11 is 0.361. The van der Waals surface area contributed by atoms with Crippen LogP contribution in [0, 0.1) is 6.92 Å². The van der Waals surface area contributed by atoms with Crippen LogP contribution in [0.25, 0.3) is 16.9 Å². The molecule has 1 amide bonds. The number of amides is 1. The minimum Gasteiger partial charge on any atom is -0.322 e. The van der Waals surface area contributed by atoms with E-state index in [0.717, 1.165) is 22.5 Å². The van der Waals surface area contributed by atoms with E-state index >= 15 is 0 Å². The second-order valence-corrected chi connectivity index (χ2v) is 7.49. The predicted octanol–water partition coefficient (Wildman–Crippen LogP) is 5.88. The summed E-state index contributed by atoms with van der Waals surface area (Å²) in [5.74, 6) is -3.03. The molecule has 4 nitrogen and oxygen atoms in total. The van der Waals surface area contributed by atoms with Gasteiger partial charge >= 0.3 is 0 Å². The molecule has 0 spiro atoms. The third-order valence-corrected chi connectivity index (χ3v) is 5.23. The maximum absolute atomic E-state index is 12.8. The number of pyridine rings is 1. The van der Waals surface area contributed by atoms with Crippen molar-refractivity contribution < 1.29 is 13.6 Å². The lowest BCUT2D eigenvalue weighted by Gasteiger charge is -2.10. The number of nitrogens with one attached hydrogen (secondary N) is 1. The first kappa shape index (κ1) is 19.1. The molecular formula is C22H17F2N3OS. The minimum absolute atomic E-state index is 0.214. The fraction of sp³-hybridized carbons (Fsp3) is 0.0909. The molecule has 2 aromatic heterocycles. The Morgan fingerprint density at radius 2 is 1.93 bits per heavy atom. The number of fused-ring (bicyclic) bond motifs is 1. The van der Waals surface area contributed by atoms with E-state index < -0.39 is 11.7 Å². The molecule has 4 aromatic rings. The van der Waals surface area contributed by atoms with Gasteiger partial charge in [0.25, 0.3) is 11.7 Å². The number of carbonyl (C=O) groups is 1. The summed E-state index contributed by atoms with van der Waals surface area (Å²) in [5, 5.41) is 2.80. The first-order valence-corrected chi connectivity index (χ1v) is 9.79. The standard InChI is InChI=1S/C22H17F2N3OS/c1-14-6-5-11-27-13-18(26-20(14)27)15-7-4-8-16(12-15)25-21(28)17-9-2-3-10-19(17)29-22(23)24/h2-13,22H,1H3,(H,25,28). The number of benzene rings is 2. The third-order valence-electron chi connectivity index (χ3n) is 4.44. The minimum atomic E-state index is -2.59. The Hall–Kier alpha value is -3.19. The molecule has 0 saturated carbocycles. The Kier molecular flexibility index (Phi) is 5.31. The van der Waals surface area contributed by atoms with E-state index in [1.807, 2.05) is 54.0 Å². The Morgan fingerprint density at radius 3 is 2.72 bits per heavy atom. The van der Waals surface area contributed by atoms with Crippen molar-refractivity contribution in [2.45, 2.75) is 17.6 Å². The summed E-state index contributed by atoms with van der Waals surface area (Å²) < 4.78 is 27.5. The van der Waals surface area contributed by atoms with Gasteiger partial charge in [-0.25, -0.2) is 4.98 Å². The molecular weight excluding hydrogens is 392 g/mol. The Bertz CT molecular complexity index is 1190. The van der Waals surface area contributed by atoms with Gasteiger partial charge in [-0.3, -0.25) is 4.79 Å². The van der Waals surface area contributed by atoms with Crippen LogP contribution >= 0.6 is 11.8 Å².